The first-order valence-electron chi connectivity index (χ1n) is 5.50. The van der Waals surface area contributed by atoms with Gasteiger partial charge >= 0.3 is 0 Å². The lowest BCUT2D eigenvalue weighted by atomic mass is 10.3. The summed E-state index contributed by atoms with van der Waals surface area (Å²) in [6.45, 7) is 0. The molecule has 1 heterocycles. The van der Waals surface area contributed by atoms with Crippen LogP contribution in [0, 0.1) is 5.82 Å². The van der Waals surface area contributed by atoms with Gasteiger partial charge in [-0.05, 0) is 30.3 Å². The third-order valence-corrected chi connectivity index (χ3v) is 3.12. The van der Waals surface area contributed by atoms with Gasteiger partial charge in [0.1, 0.15) is 11.3 Å². The quantitative estimate of drug-likeness (QED) is 0.699. The molecule has 0 aliphatic rings. The molecule has 19 heavy (non-hydrogen) atoms. The van der Waals surface area contributed by atoms with Crippen LogP contribution in [0.5, 0.6) is 0 Å². The number of nitrogens with two attached hydrogens (primary N) is 1. The summed E-state index contributed by atoms with van der Waals surface area (Å²) < 4.78 is 19.8. The van der Waals surface area contributed by atoms with Crippen molar-refractivity contribution in [1.29, 1.82) is 0 Å². The number of anilines is 3. The summed E-state index contributed by atoms with van der Waals surface area (Å²) in [7, 11) is 0. The first kappa shape index (κ1) is 12.0. The minimum absolute atomic E-state index is 0.203. The van der Waals surface area contributed by atoms with Gasteiger partial charge in [-0.1, -0.05) is 22.0 Å². The van der Waals surface area contributed by atoms with Crippen molar-refractivity contribution in [3.8, 4) is 0 Å². The highest BCUT2D eigenvalue weighted by molar-refractivity contribution is 9.10. The molecule has 6 heteroatoms. The number of fused-ring (bicyclic) bond motifs is 1. The summed E-state index contributed by atoms with van der Waals surface area (Å²) >= 11 is 3.20. The molecule has 3 aromatic rings. The van der Waals surface area contributed by atoms with E-state index in [9.17, 15) is 4.39 Å². The number of hydrogen-bond acceptors (Lipinski definition) is 4. The van der Waals surface area contributed by atoms with Gasteiger partial charge in [-0.25, -0.2) is 4.39 Å². The summed E-state index contributed by atoms with van der Waals surface area (Å²) in [5.74, 6) is -0.399. The van der Waals surface area contributed by atoms with Crippen LogP contribution in [-0.2, 0) is 0 Å². The van der Waals surface area contributed by atoms with E-state index in [1.54, 1.807) is 30.3 Å². The van der Waals surface area contributed by atoms with E-state index in [1.165, 1.54) is 6.07 Å². The molecule has 0 saturated heterocycles. The zero-order chi connectivity index (χ0) is 13.4. The largest absolute Gasteiger partial charge is 0.423 e. The first-order chi connectivity index (χ1) is 9.13. The number of nitrogens with zero attached hydrogens (tertiary/aromatic N) is 1. The molecule has 0 saturated carbocycles. The Morgan fingerprint density at radius 1 is 1.26 bits per heavy atom. The van der Waals surface area contributed by atoms with E-state index in [2.05, 4.69) is 26.2 Å². The van der Waals surface area contributed by atoms with Gasteiger partial charge in [0.05, 0.1) is 11.4 Å². The molecular formula is C13H9BrFN3O. The predicted octanol–water partition coefficient (Wildman–Crippen LogP) is 4.06. The Morgan fingerprint density at radius 3 is 2.84 bits per heavy atom. The van der Waals surface area contributed by atoms with Crippen LogP contribution in [0.4, 0.5) is 21.8 Å². The molecule has 1 aromatic heterocycles. The second-order valence-corrected chi connectivity index (χ2v) is 4.88. The van der Waals surface area contributed by atoms with E-state index in [1.807, 2.05) is 0 Å². The second-order valence-electron chi connectivity index (χ2n) is 3.96. The van der Waals surface area contributed by atoms with E-state index < -0.39 is 5.82 Å². The maximum atomic E-state index is 13.7. The maximum absolute atomic E-state index is 13.7. The number of aromatic nitrogens is 1. The topological polar surface area (TPSA) is 64.1 Å². The smallest absolute Gasteiger partial charge is 0.300 e. The number of rotatable bonds is 2. The number of benzene rings is 2. The van der Waals surface area contributed by atoms with Crippen LogP contribution >= 0.6 is 15.9 Å². The summed E-state index contributed by atoms with van der Waals surface area (Å²) in [6, 6.07) is 10.1. The maximum Gasteiger partial charge on any atom is 0.300 e. The van der Waals surface area contributed by atoms with Crippen molar-refractivity contribution in [3.05, 3.63) is 46.7 Å². The third kappa shape index (κ3) is 2.26. The van der Waals surface area contributed by atoms with E-state index in [0.717, 1.165) is 0 Å². The van der Waals surface area contributed by atoms with E-state index in [4.69, 9.17) is 10.2 Å². The van der Waals surface area contributed by atoms with Gasteiger partial charge in [0.15, 0.2) is 5.58 Å². The Bertz CT molecular complexity index is 757. The summed E-state index contributed by atoms with van der Waals surface area (Å²) in [5.41, 5.74) is 7.70. The van der Waals surface area contributed by atoms with Crippen LogP contribution in [0.15, 0.2) is 45.3 Å². The lowest BCUT2D eigenvalue weighted by Crippen LogP contribution is -1.93. The van der Waals surface area contributed by atoms with Crippen molar-refractivity contribution in [1.82, 2.24) is 4.98 Å². The zero-order valence-corrected chi connectivity index (χ0v) is 11.2. The molecule has 0 amide bonds. The van der Waals surface area contributed by atoms with Crippen molar-refractivity contribution >= 4 is 44.4 Å². The Hall–Kier alpha value is -2.08. The SMILES string of the molecule is Nc1cccc2oc(Nc3ccc(Br)cc3F)nc12. The Labute approximate surface area is 116 Å². The van der Waals surface area contributed by atoms with Gasteiger partial charge < -0.3 is 15.5 Å². The molecule has 0 atom stereocenters. The molecule has 0 unspecified atom stereocenters. The summed E-state index contributed by atoms with van der Waals surface area (Å²) in [6.07, 6.45) is 0. The number of nitrogen functional groups attached to an aromatic ring is 1. The Kier molecular flexibility index (Phi) is 2.87. The molecule has 4 nitrogen and oxygen atoms in total. The lowest BCUT2D eigenvalue weighted by molar-refractivity contribution is 0.611. The minimum Gasteiger partial charge on any atom is -0.423 e. The van der Waals surface area contributed by atoms with Crippen molar-refractivity contribution in [2.24, 2.45) is 0 Å². The van der Waals surface area contributed by atoms with Gasteiger partial charge in [0.25, 0.3) is 6.01 Å². The lowest BCUT2D eigenvalue weighted by Gasteiger charge is -2.03. The molecule has 0 bridgehead atoms. The number of para-hydroxylation sites is 1. The summed E-state index contributed by atoms with van der Waals surface area (Å²) in [5, 5.41) is 2.79. The van der Waals surface area contributed by atoms with Crippen LogP contribution in [0.2, 0.25) is 0 Å². The standard InChI is InChI=1S/C13H9BrFN3O/c14-7-4-5-10(8(15)6-7)17-13-18-12-9(16)2-1-3-11(12)19-13/h1-6H,16H2,(H,17,18). The zero-order valence-electron chi connectivity index (χ0n) is 9.65. The average molecular weight is 322 g/mol. The molecule has 96 valence electrons. The van der Waals surface area contributed by atoms with E-state index >= 15 is 0 Å². The Balaban J connectivity index is 1.99. The fourth-order valence-corrected chi connectivity index (χ4v) is 2.06. The molecule has 3 rings (SSSR count). The molecule has 2 aromatic carbocycles. The van der Waals surface area contributed by atoms with Gasteiger partial charge in [-0.3, -0.25) is 0 Å². The second kappa shape index (κ2) is 4.55. The van der Waals surface area contributed by atoms with Gasteiger partial charge in [-0.15, -0.1) is 0 Å². The monoisotopic (exact) mass is 321 g/mol. The molecular weight excluding hydrogens is 313 g/mol. The number of oxazole rings is 1. The first-order valence-corrected chi connectivity index (χ1v) is 6.30. The summed E-state index contributed by atoms with van der Waals surface area (Å²) in [4.78, 5) is 4.19. The minimum atomic E-state index is -0.399. The highest BCUT2D eigenvalue weighted by atomic mass is 79.9. The van der Waals surface area contributed by atoms with Crippen LogP contribution in [-0.4, -0.2) is 4.98 Å². The number of halogens is 2. The fraction of sp³-hybridized carbons (Fsp3) is 0. The number of hydrogen-bond donors (Lipinski definition) is 2. The molecule has 0 aliphatic carbocycles. The molecule has 0 radical (unpaired) electrons. The molecule has 0 fully saturated rings. The normalized spacial score (nSPS) is 10.8. The average Bonchev–Trinajstić information content (AvgIpc) is 2.77. The third-order valence-electron chi connectivity index (χ3n) is 2.62. The van der Waals surface area contributed by atoms with Gasteiger partial charge in [0.2, 0.25) is 0 Å². The van der Waals surface area contributed by atoms with Crippen molar-refractivity contribution in [2.75, 3.05) is 11.1 Å². The van der Waals surface area contributed by atoms with Crippen LogP contribution < -0.4 is 11.1 Å². The molecule has 3 N–H and O–H groups in total. The van der Waals surface area contributed by atoms with E-state index in [-0.39, 0.29) is 11.7 Å². The van der Waals surface area contributed by atoms with Crippen LogP contribution in [0.25, 0.3) is 11.1 Å². The van der Waals surface area contributed by atoms with Crippen LogP contribution in [0.3, 0.4) is 0 Å². The van der Waals surface area contributed by atoms with Crippen molar-refractivity contribution in [3.63, 3.8) is 0 Å². The van der Waals surface area contributed by atoms with Crippen LogP contribution in [0.1, 0.15) is 0 Å². The molecule has 0 aliphatic heterocycles. The van der Waals surface area contributed by atoms with Gasteiger partial charge in [-0.2, -0.15) is 4.98 Å². The van der Waals surface area contributed by atoms with Crippen molar-refractivity contribution < 1.29 is 8.81 Å². The van der Waals surface area contributed by atoms with E-state index in [0.29, 0.717) is 21.3 Å². The van der Waals surface area contributed by atoms with Gasteiger partial charge in [0, 0.05) is 4.47 Å². The van der Waals surface area contributed by atoms with Crippen molar-refractivity contribution in [2.45, 2.75) is 0 Å². The highest BCUT2D eigenvalue weighted by Crippen LogP contribution is 2.27. The number of nitrogens with one attached hydrogen (secondary N) is 1. The highest BCUT2D eigenvalue weighted by Gasteiger charge is 2.10. The molecule has 0 spiro atoms. The predicted molar refractivity (Wildman–Crippen MR) is 75.8 cm³/mol. The fourth-order valence-electron chi connectivity index (χ4n) is 1.73. The Morgan fingerprint density at radius 2 is 2.11 bits per heavy atom.